The lowest BCUT2D eigenvalue weighted by Gasteiger charge is -2.35. The van der Waals surface area contributed by atoms with E-state index in [1.165, 1.54) is 12.4 Å². The summed E-state index contributed by atoms with van der Waals surface area (Å²) >= 11 is 0. The molecule has 3 rings (SSSR count). The van der Waals surface area contributed by atoms with E-state index in [-0.39, 0.29) is 23.9 Å². The number of carboxylic acids is 1. The van der Waals surface area contributed by atoms with Crippen molar-refractivity contribution >= 4 is 29.4 Å². The molecule has 9 heteroatoms. The molecule has 144 valence electrons. The summed E-state index contributed by atoms with van der Waals surface area (Å²) in [5, 5.41) is 14.1. The van der Waals surface area contributed by atoms with E-state index in [4.69, 9.17) is 5.11 Å². The Hall–Kier alpha value is -3.62. The lowest BCUT2D eigenvalue weighted by atomic mass is 9.72. The van der Waals surface area contributed by atoms with Gasteiger partial charge in [0.1, 0.15) is 0 Å². The number of aromatic nitrogens is 2. The summed E-state index contributed by atoms with van der Waals surface area (Å²) in [5.74, 6) is -2.66. The first-order valence-electron chi connectivity index (χ1n) is 8.68. The first-order valence-corrected chi connectivity index (χ1v) is 8.68. The average molecular weight is 382 g/mol. The first kappa shape index (κ1) is 19.2. The number of carbonyl (C=O) groups is 4. The van der Waals surface area contributed by atoms with Gasteiger partial charge in [0.15, 0.2) is 11.4 Å². The molecule has 2 heterocycles. The van der Waals surface area contributed by atoms with E-state index in [2.05, 4.69) is 20.6 Å². The van der Waals surface area contributed by atoms with Crippen molar-refractivity contribution in [3.05, 3.63) is 53.6 Å². The Balaban J connectivity index is 1.82. The molecule has 1 aromatic heterocycles. The van der Waals surface area contributed by atoms with Crippen LogP contribution in [0, 0.1) is 0 Å². The number of carbonyl (C=O) groups excluding carboxylic acids is 3. The van der Waals surface area contributed by atoms with Crippen molar-refractivity contribution in [3.63, 3.8) is 0 Å². The van der Waals surface area contributed by atoms with Gasteiger partial charge >= 0.3 is 5.97 Å². The summed E-state index contributed by atoms with van der Waals surface area (Å²) in [6, 6.07) is 6.66. The summed E-state index contributed by atoms with van der Waals surface area (Å²) in [6.45, 7) is 1.88. The molecule has 3 N–H and O–H groups in total. The van der Waals surface area contributed by atoms with Crippen LogP contribution >= 0.6 is 0 Å². The molecule has 1 aliphatic rings. The Kier molecular flexibility index (Phi) is 5.16. The number of hydrogen-bond acceptors (Lipinski definition) is 6. The SMILES string of the molecule is CC[C@]1(c2ccc(NC(=O)c3nccnc3C(=O)O)cc2)CCC(=O)NC1=O. The lowest BCUT2D eigenvalue weighted by Crippen LogP contribution is -2.51. The van der Waals surface area contributed by atoms with Crippen LogP contribution in [0.5, 0.6) is 0 Å². The normalized spacial score (nSPS) is 19.0. The third-order valence-electron chi connectivity index (χ3n) is 4.88. The predicted octanol–water partition coefficient (Wildman–Crippen LogP) is 1.51. The van der Waals surface area contributed by atoms with Crippen molar-refractivity contribution in [2.45, 2.75) is 31.6 Å². The molecule has 1 atom stereocenters. The number of carboxylic acid groups (broad SMARTS) is 1. The molecule has 1 saturated heterocycles. The molecular formula is C19H18N4O5. The molecule has 1 aromatic carbocycles. The van der Waals surface area contributed by atoms with E-state index < -0.39 is 23.0 Å². The fraction of sp³-hybridized carbons (Fsp3) is 0.263. The highest BCUT2D eigenvalue weighted by molar-refractivity contribution is 6.08. The third-order valence-corrected chi connectivity index (χ3v) is 4.88. The van der Waals surface area contributed by atoms with Crippen LogP contribution in [0.1, 0.15) is 52.7 Å². The van der Waals surface area contributed by atoms with Crippen molar-refractivity contribution in [1.29, 1.82) is 0 Å². The van der Waals surface area contributed by atoms with Crippen LogP contribution in [0.4, 0.5) is 5.69 Å². The number of nitrogens with one attached hydrogen (secondary N) is 2. The quantitative estimate of drug-likeness (QED) is 0.666. The summed E-state index contributed by atoms with van der Waals surface area (Å²) in [5.41, 5.74) is -0.380. The molecule has 0 saturated carbocycles. The Morgan fingerprint density at radius 1 is 1.14 bits per heavy atom. The number of benzene rings is 1. The smallest absolute Gasteiger partial charge is 0.356 e. The molecule has 1 fully saturated rings. The highest BCUT2D eigenvalue weighted by atomic mass is 16.4. The summed E-state index contributed by atoms with van der Waals surface area (Å²) in [7, 11) is 0. The Morgan fingerprint density at radius 2 is 1.79 bits per heavy atom. The predicted molar refractivity (Wildman–Crippen MR) is 97.7 cm³/mol. The average Bonchev–Trinajstić information content (AvgIpc) is 2.69. The van der Waals surface area contributed by atoms with E-state index >= 15 is 0 Å². The number of piperidine rings is 1. The molecule has 9 nitrogen and oxygen atoms in total. The van der Waals surface area contributed by atoms with Gasteiger partial charge in [-0.15, -0.1) is 0 Å². The van der Waals surface area contributed by atoms with Gasteiger partial charge < -0.3 is 10.4 Å². The maximum atomic E-state index is 12.4. The van der Waals surface area contributed by atoms with Gasteiger partial charge in [0.05, 0.1) is 5.41 Å². The van der Waals surface area contributed by atoms with Crippen molar-refractivity contribution in [2.24, 2.45) is 0 Å². The number of imide groups is 1. The monoisotopic (exact) mass is 382 g/mol. The zero-order chi connectivity index (χ0) is 20.3. The van der Waals surface area contributed by atoms with Gasteiger partial charge in [-0.3, -0.25) is 19.7 Å². The lowest BCUT2D eigenvalue weighted by molar-refractivity contribution is -0.138. The minimum atomic E-state index is -1.35. The molecule has 28 heavy (non-hydrogen) atoms. The van der Waals surface area contributed by atoms with Crippen LogP contribution in [0.25, 0.3) is 0 Å². The van der Waals surface area contributed by atoms with Gasteiger partial charge in [0.2, 0.25) is 11.8 Å². The number of anilines is 1. The first-order chi connectivity index (χ1) is 13.4. The minimum Gasteiger partial charge on any atom is -0.476 e. The van der Waals surface area contributed by atoms with Crippen LogP contribution in [0.3, 0.4) is 0 Å². The Bertz CT molecular complexity index is 957. The van der Waals surface area contributed by atoms with Crippen LogP contribution in [0.15, 0.2) is 36.7 Å². The van der Waals surface area contributed by atoms with E-state index in [0.29, 0.717) is 18.5 Å². The van der Waals surface area contributed by atoms with Crippen LogP contribution in [0.2, 0.25) is 0 Å². The number of nitrogens with zero attached hydrogens (tertiary/aromatic N) is 2. The molecule has 2 aromatic rings. The summed E-state index contributed by atoms with van der Waals surface area (Å²) in [4.78, 5) is 54.9. The van der Waals surface area contributed by atoms with Crippen molar-refractivity contribution in [3.8, 4) is 0 Å². The molecule has 3 amide bonds. The number of hydrogen-bond donors (Lipinski definition) is 3. The second-order valence-electron chi connectivity index (χ2n) is 6.40. The maximum Gasteiger partial charge on any atom is 0.356 e. The van der Waals surface area contributed by atoms with Crippen LogP contribution < -0.4 is 10.6 Å². The number of rotatable bonds is 5. The Labute approximate surface area is 160 Å². The molecule has 0 spiro atoms. The topological polar surface area (TPSA) is 138 Å². The van der Waals surface area contributed by atoms with Gasteiger partial charge in [0.25, 0.3) is 5.91 Å². The zero-order valence-corrected chi connectivity index (χ0v) is 15.1. The van der Waals surface area contributed by atoms with Gasteiger partial charge in [-0.2, -0.15) is 0 Å². The highest BCUT2D eigenvalue weighted by Crippen LogP contribution is 2.36. The van der Waals surface area contributed by atoms with E-state index in [0.717, 1.165) is 5.56 Å². The van der Waals surface area contributed by atoms with Crippen LogP contribution in [-0.2, 0) is 15.0 Å². The highest BCUT2D eigenvalue weighted by Gasteiger charge is 2.42. The number of amides is 3. The van der Waals surface area contributed by atoms with Crippen molar-refractivity contribution in [1.82, 2.24) is 15.3 Å². The zero-order valence-electron chi connectivity index (χ0n) is 15.1. The van der Waals surface area contributed by atoms with E-state index in [1.54, 1.807) is 24.3 Å². The van der Waals surface area contributed by atoms with Gasteiger partial charge in [-0.05, 0) is 30.5 Å². The molecule has 0 bridgehead atoms. The standard InChI is InChI=1S/C19H18N4O5/c1-2-19(8-7-13(24)23-18(19)28)11-3-5-12(6-4-11)22-16(25)14-15(17(26)27)21-10-9-20-14/h3-6,9-10H,2,7-8H2,1H3,(H,22,25)(H,26,27)(H,23,24,28)/t19-/m1/s1. The van der Waals surface area contributed by atoms with Crippen LogP contribution in [-0.4, -0.2) is 38.8 Å². The second-order valence-corrected chi connectivity index (χ2v) is 6.40. The molecule has 0 unspecified atom stereocenters. The third kappa shape index (κ3) is 3.46. The summed E-state index contributed by atoms with van der Waals surface area (Å²) < 4.78 is 0. The minimum absolute atomic E-state index is 0.267. The Morgan fingerprint density at radius 3 is 2.36 bits per heavy atom. The molecule has 0 radical (unpaired) electrons. The number of aromatic carboxylic acids is 1. The van der Waals surface area contributed by atoms with Gasteiger partial charge in [0, 0.05) is 24.5 Å². The molecule has 1 aliphatic heterocycles. The summed E-state index contributed by atoms with van der Waals surface area (Å²) in [6.07, 6.45) is 3.64. The largest absolute Gasteiger partial charge is 0.476 e. The van der Waals surface area contributed by atoms with Gasteiger partial charge in [-0.1, -0.05) is 19.1 Å². The van der Waals surface area contributed by atoms with Crippen molar-refractivity contribution in [2.75, 3.05) is 5.32 Å². The van der Waals surface area contributed by atoms with Crippen molar-refractivity contribution < 1.29 is 24.3 Å². The van der Waals surface area contributed by atoms with Gasteiger partial charge in [-0.25, -0.2) is 14.8 Å². The fourth-order valence-electron chi connectivity index (χ4n) is 3.29. The van der Waals surface area contributed by atoms with E-state index in [9.17, 15) is 19.2 Å². The molecular weight excluding hydrogens is 364 g/mol. The second kappa shape index (κ2) is 7.55. The maximum absolute atomic E-state index is 12.4. The molecule has 0 aliphatic carbocycles. The van der Waals surface area contributed by atoms with E-state index in [1.807, 2.05) is 6.92 Å². The fourth-order valence-corrected chi connectivity index (χ4v) is 3.29.